The highest BCUT2D eigenvalue weighted by Gasteiger charge is 2.32. The van der Waals surface area contributed by atoms with Crippen LogP contribution >= 0.6 is 0 Å². The summed E-state index contributed by atoms with van der Waals surface area (Å²) in [5.41, 5.74) is 5.55. The number of amides is 1. The van der Waals surface area contributed by atoms with Crippen molar-refractivity contribution in [1.29, 1.82) is 0 Å². The van der Waals surface area contributed by atoms with E-state index in [1.54, 1.807) is 6.26 Å². The van der Waals surface area contributed by atoms with Gasteiger partial charge >= 0.3 is 0 Å². The fraction of sp³-hybridized carbons (Fsp3) is 0.583. The predicted molar refractivity (Wildman–Crippen MR) is 64.2 cm³/mol. The minimum atomic E-state index is -0.0799. The van der Waals surface area contributed by atoms with Crippen LogP contribution in [-0.4, -0.2) is 48.4 Å². The highest BCUT2D eigenvalue weighted by atomic mass is 16.3. The van der Waals surface area contributed by atoms with Gasteiger partial charge in [-0.15, -0.1) is 0 Å². The molecule has 2 heterocycles. The van der Waals surface area contributed by atoms with Crippen molar-refractivity contribution in [3.8, 4) is 0 Å². The van der Waals surface area contributed by atoms with Crippen LogP contribution in [0.2, 0.25) is 0 Å². The Morgan fingerprint density at radius 3 is 3.00 bits per heavy atom. The molecule has 0 radical (unpaired) electrons. The Hall–Kier alpha value is -1.33. The third-order valence-electron chi connectivity index (χ3n) is 3.22. The van der Waals surface area contributed by atoms with E-state index in [-0.39, 0.29) is 11.9 Å². The van der Waals surface area contributed by atoms with Gasteiger partial charge in [-0.25, -0.2) is 0 Å². The number of nitrogens with zero attached hydrogens (tertiary/aromatic N) is 2. The summed E-state index contributed by atoms with van der Waals surface area (Å²) in [5, 5.41) is 0. The normalized spacial score (nSPS) is 22.1. The quantitative estimate of drug-likeness (QED) is 0.816. The Labute approximate surface area is 101 Å². The summed E-state index contributed by atoms with van der Waals surface area (Å²) in [4.78, 5) is 16.2. The number of rotatable bonds is 4. The molecule has 94 valence electrons. The molecule has 5 heteroatoms. The number of likely N-dealkylation sites (N-methyl/N-ethyl adjacent to an activating group) is 1. The zero-order valence-electron chi connectivity index (χ0n) is 10.1. The van der Waals surface area contributed by atoms with Gasteiger partial charge in [0, 0.05) is 13.1 Å². The topological polar surface area (TPSA) is 62.7 Å². The molecule has 0 bridgehead atoms. The first kappa shape index (κ1) is 12.1. The highest BCUT2D eigenvalue weighted by molar-refractivity contribution is 5.82. The Kier molecular flexibility index (Phi) is 3.81. The summed E-state index contributed by atoms with van der Waals surface area (Å²) in [5.74, 6) is 0.981. The molecule has 1 atom stereocenters. The van der Waals surface area contributed by atoms with Crippen molar-refractivity contribution in [2.75, 3.05) is 26.7 Å². The molecule has 1 aromatic rings. The molecule has 1 fully saturated rings. The lowest BCUT2D eigenvalue weighted by Crippen LogP contribution is -2.55. The van der Waals surface area contributed by atoms with Gasteiger partial charge in [0.1, 0.15) is 5.76 Å². The predicted octanol–water partition coefficient (Wildman–Crippen LogP) is 0.271. The van der Waals surface area contributed by atoms with Crippen LogP contribution in [0.15, 0.2) is 22.8 Å². The Morgan fingerprint density at radius 2 is 2.35 bits per heavy atom. The fourth-order valence-corrected chi connectivity index (χ4v) is 2.19. The van der Waals surface area contributed by atoms with Crippen molar-refractivity contribution in [1.82, 2.24) is 9.80 Å². The second-order valence-electron chi connectivity index (χ2n) is 4.41. The fourth-order valence-electron chi connectivity index (χ4n) is 2.19. The van der Waals surface area contributed by atoms with Crippen molar-refractivity contribution in [2.45, 2.75) is 19.0 Å². The van der Waals surface area contributed by atoms with E-state index in [1.807, 2.05) is 24.1 Å². The van der Waals surface area contributed by atoms with Crippen LogP contribution in [0.3, 0.4) is 0 Å². The smallest absolute Gasteiger partial charge is 0.240 e. The van der Waals surface area contributed by atoms with E-state index >= 15 is 0 Å². The molecular weight excluding hydrogens is 218 g/mol. The summed E-state index contributed by atoms with van der Waals surface area (Å²) in [6.45, 7) is 2.73. The maximum atomic E-state index is 12.2. The molecule has 1 amide bonds. The molecule has 1 unspecified atom stereocenters. The van der Waals surface area contributed by atoms with E-state index in [4.69, 9.17) is 10.2 Å². The van der Waals surface area contributed by atoms with Gasteiger partial charge < -0.3 is 15.1 Å². The molecule has 1 aliphatic heterocycles. The first-order chi connectivity index (χ1) is 8.22. The third-order valence-corrected chi connectivity index (χ3v) is 3.22. The van der Waals surface area contributed by atoms with Crippen molar-refractivity contribution >= 4 is 5.91 Å². The van der Waals surface area contributed by atoms with Crippen LogP contribution in [0.4, 0.5) is 0 Å². The molecule has 1 aliphatic rings. The number of nitrogens with two attached hydrogens (primary N) is 1. The van der Waals surface area contributed by atoms with Gasteiger partial charge in [0.25, 0.3) is 0 Å². The van der Waals surface area contributed by atoms with Gasteiger partial charge in [-0.1, -0.05) is 0 Å². The zero-order valence-corrected chi connectivity index (χ0v) is 10.1. The number of hydrogen-bond donors (Lipinski definition) is 1. The van der Waals surface area contributed by atoms with Crippen LogP contribution in [0.1, 0.15) is 12.2 Å². The largest absolute Gasteiger partial charge is 0.467 e. The van der Waals surface area contributed by atoms with E-state index < -0.39 is 0 Å². The molecule has 2 rings (SSSR count). The molecule has 2 N–H and O–H groups in total. The molecular formula is C12H19N3O2. The monoisotopic (exact) mass is 237 g/mol. The van der Waals surface area contributed by atoms with Gasteiger partial charge in [0.05, 0.1) is 18.8 Å². The van der Waals surface area contributed by atoms with E-state index in [0.29, 0.717) is 19.5 Å². The first-order valence-electron chi connectivity index (χ1n) is 5.94. The summed E-state index contributed by atoms with van der Waals surface area (Å²) in [7, 11) is 1.97. The highest BCUT2D eigenvalue weighted by Crippen LogP contribution is 2.15. The third kappa shape index (κ3) is 2.68. The van der Waals surface area contributed by atoms with Crippen LogP contribution in [0, 0.1) is 0 Å². The van der Waals surface area contributed by atoms with Crippen molar-refractivity contribution < 1.29 is 9.21 Å². The van der Waals surface area contributed by atoms with E-state index in [9.17, 15) is 4.79 Å². The van der Waals surface area contributed by atoms with E-state index in [2.05, 4.69) is 4.90 Å². The lowest BCUT2D eigenvalue weighted by molar-refractivity contribution is -0.142. The average Bonchev–Trinajstić information content (AvgIpc) is 2.81. The second kappa shape index (κ2) is 5.33. The Morgan fingerprint density at radius 1 is 1.53 bits per heavy atom. The lowest BCUT2D eigenvalue weighted by Gasteiger charge is -2.38. The SMILES string of the molecule is CN1CCN(Cc2ccco2)C(=O)C1CCN. The zero-order chi connectivity index (χ0) is 12.3. The average molecular weight is 237 g/mol. The Balaban J connectivity index is 2.01. The standard InChI is InChI=1S/C12H19N3O2/c1-14-6-7-15(9-10-3-2-8-17-10)12(16)11(14)4-5-13/h2-3,8,11H,4-7,9,13H2,1H3. The van der Waals surface area contributed by atoms with Crippen LogP contribution in [-0.2, 0) is 11.3 Å². The van der Waals surface area contributed by atoms with Crippen LogP contribution in [0.5, 0.6) is 0 Å². The van der Waals surface area contributed by atoms with Gasteiger partial charge in [0.2, 0.25) is 5.91 Å². The van der Waals surface area contributed by atoms with Crippen molar-refractivity contribution in [2.24, 2.45) is 5.73 Å². The number of furan rings is 1. The van der Waals surface area contributed by atoms with Crippen molar-refractivity contribution in [3.05, 3.63) is 24.2 Å². The van der Waals surface area contributed by atoms with Gasteiger partial charge in [-0.2, -0.15) is 0 Å². The summed E-state index contributed by atoms with van der Waals surface area (Å²) < 4.78 is 5.27. The molecule has 1 aromatic heterocycles. The van der Waals surface area contributed by atoms with Crippen LogP contribution < -0.4 is 5.73 Å². The van der Waals surface area contributed by atoms with Gasteiger partial charge in [-0.3, -0.25) is 9.69 Å². The van der Waals surface area contributed by atoms with Crippen LogP contribution in [0.25, 0.3) is 0 Å². The van der Waals surface area contributed by atoms with Crippen molar-refractivity contribution in [3.63, 3.8) is 0 Å². The number of piperazine rings is 1. The number of hydrogen-bond acceptors (Lipinski definition) is 4. The number of carbonyl (C=O) groups is 1. The lowest BCUT2D eigenvalue weighted by atomic mass is 10.1. The van der Waals surface area contributed by atoms with Gasteiger partial charge in [0.15, 0.2) is 0 Å². The molecule has 0 aliphatic carbocycles. The maximum Gasteiger partial charge on any atom is 0.240 e. The summed E-state index contributed by atoms with van der Waals surface area (Å²) in [6.07, 6.45) is 2.34. The van der Waals surface area contributed by atoms with Gasteiger partial charge in [-0.05, 0) is 32.1 Å². The van der Waals surface area contributed by atoms with E-state index in [0.717, 1.165) is 18.8 Å². The number of carbonyl (C=O) groups excluding carboxylic acids is 1. The summed E-state index contributed by atoms with van der Waals surface area (Å²) >= 11 is 0. The summed E-state index contributed by atoms with van der Waals surface area (Å²) in [6, 6.07) is 3.65. The molecule has 0 aromatic carbocycles. The van der Waals surface area contributed by atoms with E-state index in [1.165, 1.54) is 0 Å². The minimum Gasteiger partial charge on any atom is -0.467 e. The molecule has 17 heavy (non-hydrogen) atoms. The minimum absolute atomic E-state index is 0.0799. The first-order valence-corrected chi connectivity index (χ1v) is 5.94. The maximum absolute atomic E-state index is 12.2. The molecule has 0 spiro atoms. The second-order valence-corrected chi connectivity index (χ2v) is 4.41. The molecule has 0 saturated carbocycles. The molecule has 1 saturated heterocycles. The molecule has 5 nitrogen and oxygen atoms in total. The Bertz CT molecular complexity index is 364.